The molecule has 1 N–H and O–H groups in total. The first-order valence-corrected chi connectivity index (χ1v) is 11.9. The van der Waals surface area contributed by atoms with E-state index in [1.807, 2.05) is 6.07 Å². The Morgan fingerprint density at radius 3 is 2.50 bits per heavy atom. The molecule has 1 unspecified atom stereocenters. The molecule has 30 heavy (non-hydrogen) atoms. The summed E-state index contributed by atoms with van der Waals surface area (Å²) in [6.07, 6.45) is 6.42. The van der Waals surface area contributed by atoms with Crippen molar-refractivity contribution >= 4 is 11.8 Å². The van der Waals surface area contributed by atoms with Gasteiger partial charge in [0, 0.05) is 31.0 Å². The highest BCUT2D eigenvalue weighted by Crippen LogP contribution is 2.47. The van der Waals surface area contributed by atoms with Crippen molar-refractivity contribution in [2.24, 2.45) is 11.3 Å². The summed E-state index contributed by atoms with van der Waals surface area (Å²) in [5.41, 5.74) is 1.08. The van der Waals surface area contributed by atoms with Gasteiger partial charge in [-0.15, -0.1) is 0 Å². The normalized spacial score (nSPS) is 28.3. The maximum absolute atomic E-state index is 13.5. The molecule has 2 amide bonds. The molecule has 3 fully saturated rings. The molecule has 2 saturated heterocycles. The van der Waals surface area contributed by atoms with Crippen molar-refractivity contribution in [1.29, 1.82) is 0 Å². The number of rotatable bonds is 7. The summed E-state index contributed by atoms with van der Waals surface area (Å²) >= 11 is 0. The highest BCUT2D eigenvalue weighted by Gasteiger charge is 2.48. The van der Waals surface area contributed by atoms with Crippen LogP contribution in [0.3, 0.4) is 0 Å². The molecule has 1 aromatic carbocycles. The van der Waals surface area contributed by atoms with Gasteiger partial charge in [0.1, 0.15) is 0 Å². The Bertz CT molecular complexity index is 746. The molecule has 2 heterocycles. The third kappa shape index (κ3) is 4.41. The average Bonchev–Trinajstić information content (AvgIpc) is 3.31. The second kappa shape index (κ2) is 9.09. The highest BCUT2D eigenvalue weighted by molar-refractivity contribution is 5.84. The van der Waals surface area contributed by atoms with Gasteiger partial charge in [0.05, 0.1) is 12.6 Å². The molecular formula is C25H37N3O2. The Kier molecular flexibility index (Phi) is 6.47. The smallest absolute Gasteiger partial charge is 0.234 e. The number of carbonyl (C=O) groups excluding carboxylic acids is 2. The van der Waals surface area contributed by atoms with Crippen molar-refractivity contribution in [3.05, 3.63) is 35.9 Å². The van der Waals surface area contributed by atoms with Crippen LogP contribution in [0.5, 0.6) is 0 Å². The number of carbonyl (C=O) groups is 2. The second-order valence-electron chi connectivity index (χ2n) is 9.91. The lowest BCUT2D eigenvalue weighted by atomic mass is 9.65. The van der Waals surface area contributed by atoms with Gasteiger partial charge in [0.15, 0.2) is 0 Å². The minimum absolute atomic E-state index is 0.0115. The highest BCUT2D eigenvalue weighted by atomic mass is 16.2. The van der Waals surface area contributed by atoms with Crippen molar-refractivity contribution in [2.45, 2.75) is 64.3 Å². The lowest BCUT2D eigenvalue weighted by molar-refractivity contribution is -0.147. The first-order chi connectivity index (χ1) is 14.5. The molecule has 5 heteroatoms. The Balaban J connectivity index is 1.46. The van der Waals surface area contributed by atoms with Gasteiger partial charge < -0.3 is 10.2 Å². The van der Waals surface area contributed by atoms with Gasteiger partial charge in [-0.2, -0.15) is 0 Å². The lowest BCUT2D eigenvalue weighted by Gasteiger charge is -2.42. The van der Waals surface area contributed by atoms with E-state index in [1.165, 1.54) is 12.0 Å². The number of nitrogens with one attached hydrogen (secondary N) is 1. The average molecular weight is 412 g/mol. The number of hydrogen-bond acceptors (Lipinski definition) is 3. The fourth-order valence-corrected chi connectivity index (χ4v) is 5.77. The summed E-state index contributed by atoms with van der Waals surface area (Å²) in [6.45, 7) is 8.24. The van der Waals surface area contributed by atoms with Crippen molar-refractivity contribution in [2.75, 3.05) is 32.7 Å². The number of benzene rings is 1. The summed E-state index contributed by atoms with van der Waals surface area (Å²) in [5.74, 6) is 1.25. The molecule has 1 aromatic rings. The molecule has 0 bridgehead atoms. The van der Waals surface area contributed by atoms with Crippen molar-refractivity contribution in [3.63, 3.8) is 0 Å². The zero-order chi connectivity index (χ0) is 21.1. The monoisotopic (exact) mass is 411 g/mol. The Hall–Kier alpha value is -1.88. The van der Waals surface area contributed by atoms with Gasteiger partial charge in [-0.3, -0.25) is 14.5 Å². The van der Waals surface area contributed by atoms with Crippen LogP contribution < -0.4 is 5.32 Å². The van der Waals surface area contributed by atoms with E-state index in [0.29, 0.717) is 31.5 Å². The van der Waals surface area contributed by atoms with Crippen LogP contribution in [0.25, 0.3) is 0 Å². The molecule has 0 radical (unpaired) electrons. The van der Waals surface area contributed by atoms with Gasteiger partial charge in [0.25, 0.3) is 0 Å². The molecule has 1 aliphatic carbocycles. The van der Waals surface area contributed by atoms with E-state index >= 15 is 0 Å². The largest absolute Gasteiger partial charge is 0.350 e. The standard InChI is InChI=1S/C25H37N3O2/c1-3-11-25(12-7-13-25)24(30)28-16-21(20-8-5-4-6-9-20)22(17-28)26-23(29)18-27-14-10-19(2)15-27/h4-6,8-9,19,21-22H,3,7,10-18H2,1-2H3,(H,26,29)/t19?,21-,22+/m0/s1. The van der Waals surface area contributed by atoms with Gasteiger partial charge in [-0.25, -0.2) is 0 Å². The van der Waals surface area contributed by atoms with Crippen LogP contribution in [-0.4, -0.2) is 60.4 Å². The number of amides is 2. The SMILES string of the molecule is CCCC1(C(=O)N2C[C@@H](NC(=O)CN3CCC(C)C3)[C@H](c3ccccc3)C2)CCC1. The Morgan fingerprint density at radius 2 is 1.90 bits per heavy atom. The summed E-state index contributed by atoms with van der Waals surface area (Å²) in [6, 6.07) is 10.4. The molecule has 0 spiro atoms. The third-order valence-electron chi connectivity index (χ3n) is 7.55. The molecule has 3 atom stereocenters. The molecule has 0 aromatic heterocycles. The van der Waals surface area contributed by atoms with Crippen molar-refractivity contribution < 1.29 is 9.59 Å². The van der Waals surface area contributed by atoms with Crippen LogP contribution in [-0.2, 0) is 9.59 Å². The predicted molar refractivity (Wildman–Crippen MR) is 119 cm³/mol. The van der Waals surface area contributed by atoms with Gasteiger partial charge in [-0.05, 0) is 43.7 Å². The fraction of sp³-hybridized carbons (Fsp3) is 0.680. The fourth-order valence-electron chi connectivity index (χ4n) is 5.77. The second-order valence-corrected chi connectivity index (χ2v) is 9.91. The number of likely N-dealkylation sites (tertiary alicyclic amines) is 2. The molecule has 2 aliphatic heterocycles. The number of hydrogen-bond donors (Lipinski definition) is 1. The van der Waals surface area contributed by atoms with E-state index in [-0.39, 0.29) is 23.3 Å². The summed E-state index contributed by atoms with van der Waals surface area (Å²) in [5, 5.41) is 3.30. The number of nitrogens with zero attached hydrogens (tertiary/aromatic N) is 2. The van der Waals surface area contributed by atoms with Gasteiger partial charge in [-0.1, -0.05) is 57.0 Å². The lowest BCUT2D eigenvalue weighted by Crippen LogP contribution is -2.48. The van der Waals surface area contributed by atoms with E-state index in [2.05, 4.69) is 53.2 Å². The quantitative estimate of drug-likeness (QED) is 0.748. The van der Waals surface area contributed by atoms with E-state index in [0.717, 1.165) is 45.2 Å². The first kappa shape index (κ1) is 21.4. The molecular weight excluding hydrogens is 374 g/mol. The van der Waals surface area contributed by atoms with Crippen LogP contribution in [0.15, 0.2) is 30.3 Å². The molecule has 1 saturated carbocycles. The third-order valence-corrected chi connectivity index (χ3v) is 7.55. The summed E-state index contributed by atoms with van der Waals surface area (Å²) < 4.78 is 0. The van der Waals surface area contributed by atoms with Crippen LogP contribution >= 0.6 is 0 Å². The molecule has 3 aliphatic rings. The van der Waals surface area contributed by atoms with E-state index < -0.39 is 0 Å². The van der Waals surface area contributed by atoms with E-state index in [4.69, 9.17) is 0 Å². The Morgan fingerprint density at radius 1 is 1.13 bits per heavy atom. The van der Waals surface area contributed by atoms with Gasteiger partial charge in [0.2, 0.25) is 11.8 Å². The Labute approximate surface area is 181 Å². The van der Waals surface area contributed by atoms with Crippen molar-refractivity contribution in [3.8, 4) is 0 Å². The molecule has 5 nitrogen and oxygen atoms in total. The maximum Gasteiger partial charge on any atom is 0.234 e. The zero-order valence-corrected chi connectivity index (χ0v) is 18.6. The van der Waals surface area contributed by atoms with Crippen LogP contribution in [0.4, 0.5) is 0 Å². The summed E-state index contributed by atoms with van der Waals surface area (Å²) in [4.78, 5) is 30.6. The minimum Gasteiger partial charge on any atom is -0.350 e. The maximum atomic E-state index is 13.5. The zero-order valence-electron chi connectivity index (χ0n) is 18.6. The molecule has 4 rings (SSSR count). The predicted octanol–water partition coefficient (Wildman–Crippen LogP) is 3.41. The first-order valence-electron chi connectivity index (χ1n) is 11.9. The van der Waals surface area contributed by atoms with Crippen LogP contribution in [0, 0.1) is 11.3 Å². The van der Waals surface area contributed by atoms with Gasteiger partial charge >= 0.3 is 0 Å². The van der Waals surface area contributed by atoms with Crippen LogP contribution in [0.2, 0.25) is 0 Å². The molecule has 164 valence electrons. The summed E-state index contributed by atoms with van der Waals surface area (Å²) in [7, 11) is 0. The minimum atomic E-state index is -0.138. The van der Waals surface area contributed by atoms with E-state index in [1.54, 1.807) is 0 Å². The van der Waals surface area contributed by atoms with Crippen LogP contribution in [0.1, 0.15) is 63.9 Å². The van der Waals surface area contributed by atoms with Crippen molar-refractivity contribution in [1.82, 2.24) is 15.1 Å². The topological polar surface area (TPSA) is 52.7 Å². The van der Waals surface area contributed by atoms with E-state index in [9.17, 15) is 9.59 Å².